The van der Waals surface area contributed by atoms with Gasteiger partial charge in [0.1, 0.15) is 5.75 Å². The monoisotopic (exact) mass is 525 g/mol. The summed E-state index contributed by atoms with van der Waals surface area (Å²) in [6.07, 6.45) is 1.85. The van der Waals surface area contributed by atoms with Crippen LogP contribution >= 0.6 is 0 Å². The zero-order valence-corrected chi connectivity index (χ0v) is 25.5. The summed E-state index contributed by atoms with van der Waals surface area (Å²) in [4.78, 5) is 25.1. The Morgan fingerprint density at radius 2 is 1.49 bits per heavy atom. The predicted octanol–water partition coefficient (Wildman–Crippen LogP) is 7.90. The van der Waals surface area contributed by atoms with Crippen molar-refractivity contribution < 1.29 is 19.4 Å². The van der Waals surface area contributed by atoms with E-state index in [2.05, 4.69) is 78.6 Å². The molecule has 6 heteroatoms. The summed E-state index contributed by atoms with van der Waals surface area (Å²) in [5.74, 6) is -0.262. The van der Waals surface area contributed by atoms with Crippen LogP contribution in [-0.4, -0.2) is 31.2 Å². The number of carboxylic acids is 1. The van der Waals surface area contributed by atoms with Crippen molar-refractivity contribution in [3.05, 3.63) is 59.2 Å². The van der Waals surface area contributed by atoms with Gasteiger partial charge in [-0.1, -0.05) is 92.4 Å². The van der Waals surface area contributed by atoms with Gasteiger partial charge in [-0.2, -0.15) is 0 Å². The Bertz CT molecular complexity index is 1080. The van der Waals surface area contributed by atoms with Crippen molar-refractivity contribution in [3.8, 4) is 5.75 Å². The molecule has 0 fully saturated rings. The van der Waals surface area contributed by atoms with Gasteiger partial charge in [0.15, 0.2) is 6.10 Å². The summed E-state index contributed by atoms with van der Waals surface area (Å²) in [6.45, 7) is 21.4. The number of anilines is 1. The van der Waals surface area contributed by atoms with Crippen molar-refractivity contribution in [2.24, 2.45) is 0 Å². The molecule has 0 saturated heterocycles. The summed E-state index contributed by atoms with van der Waals surface area (Å²) in [6, 6.07) is 13.6. The van der Waals surface area contributed by atoms with Crippen molar-refractivity contribution in [2.45, 2.75) is 110 Å². The highest BCUT2D eigenvalue weighted by Crippen LogP contribution is 2.39. The summed E-state index contributed by atoms with van der Waals surface area (Å²) in [5.41, 5.74) is 3.26. The molecule has 0 aliphatic rings. The van der Waals surface area contributed by atoms with Crippen LogP contribution in [0.15, 0.2) is 42.5 Å². The molecule has 2 atom stereocenters. The Morgan fingerprint density at radius 3 is 1.95 bits per heavy atom. The number of benzene rings is 2. The van der Waals surface area contributed by atoms with E-state index in [9.17, 15) is 14.7 Å². The molecule has 2 aromatic rings. The first-order valence-electron chi connectivity index (χ1n) is 13.5. The summed E-state index contributed by atoms with van der Waals surface area (Å²) >= 11 is 0. The van der Waals surface area contributed by atoms with Gasteiger partial charge in [0.2, 0.25) is 0 Å². The van der Waals surface area contributed by atoms with Crippen LogP contribution in [0.1, 0.15) is 90.0 Å². The molecule has 2 unspecified atom stereocenters. The van der Waals surface area contributed by atoms with Gasteiger partial charge in [-0.05, 0) is 59.4 Å². The predicted molar refractivity (Wildman–Crippen MR) is 157 cm³/mol. The van der Waals surface area contributed by atoms with Gasteiger partial charge in [-0.15, -0.1) is 0 Å². The Kier molecular flexibility index (Phi) is 9.80. The molecule has 0 saturated carbocycles. The average molecular weight is 526 g/mol. The second-order valence-electron chi connectivity index (χ2n) is 12.4. The van der Waals surface area contributed by atoms with Crippen LogP contribution in [0.5, 0.6) is 5.75 Å². The quantitative estimate of drug-likeness (QED) is 0.276. The van der Waals surface area contributed by atoms with Gasteiger partial charge >= 0.3 is 5.97 Å². The number of amides is 1. The molecule has 0 spiro atoms. The molecule has 0 bridgehead atoms. The summed E-state index contributed by atoms with van der Waals surface area (Å²) in [7, 11) is -1.96. The van der Waals surface area contributed by atoms with E-state index >= 15 is 0 Å². The maximum atomic E-state index is 13.2. The Hall–Kier alpha value is -2.60. The van der Waals surface area contributed by atoms with Gasteiger partial charge in [0.25, 0.3) is 5.91 Å². The standard InChI is InChI=1S/C31H47NO4Si/c1-11-25(28(33)32-23-17-14-21(15-18-23)27(29(34)35)37(8,9)10)36-26-19-16-22(30(4,5)12-2)20-24(26)31(6,7)13-3/h14-20,25,27H,11-13H2,1-10H3,(H,32,33)(H,34,35). The van der Waals surface area contributed by atoms with Crippen LogP contribution in [0.4, 0.5) is 5.69 Å². The fraction of sp³-hybridized carbons (Fsp3) is 0.548. The Morgan fingerprint density at radius 1 is 0.919 bits per heavy atom. The number of hydrogen-bond acceptors (Lipinski definition) is 3. The number of carbonyl (C=O) groups excluding carboxylic acids is 1. The molecule has 1 amide bonds. The van der Waals surface area contributed by atoms with E-state index < -0.39 is 25.7 Å². The Balaban J connectivity index is 2.29. The highest BCUT2D eigenvalue weighted by atomic mass is 28.3. The maximum Gasteiger partial charge on any atom is 0.308 e. The molecule has 37 heavy (non-hydrogen) atoms. The zero-order chi connectivity index (χ0) is 28.2. The van der Waals surface area contributed by atoms with Crippen LogP contribution in [0.3, 0.4) is 0 Å². The SMILES string of the molecule is CCC(Oc1ccc(C(C)(C)CC)cc1C(C)(C)CC)C(=O)Nc1ccc(C(C(=O)O)[Si](C)(C)C)cc1. The molecule has 0 aliphatic carbocycles. The fourth-order valence-electron chi connectivity index (χ4n) is 4.45. The third-order valence-electron chi connectivity index (χ3n) is 7.81. The largest absolute Gasteiger partial charge is 0.481 e. The lowest BCUT2D eigenvalue weighted by molar-refractivity contribution is -0.137. The van der Waals surface area contributed by atoms with Gasteiger partial charge in [-0.3, -0.25) is 9.59 Å². The van der Waals surface area contributed by atoms with Gasteiger partial charge in [-0.25, -0.2) is 0 Å². The molecule has 2 rings (SSSR count). The van der Waals surface area contributed by atoms with Crippen molar-refractivity contribution >= 4 is 25.6 Å². The zero-order valence-electron chi connectivity index (χ0n) is 24.5. The minimum absolute atomic E-state index is 0.0555. The lowest BCUT2D eigenvalue weighted by Crippen LogP contribution is -2.36. The topological polar surface area (TPSA) is 75.6 Å². The number of nitrogens with one attached hydrogen (secondary N) is 1. The third kappa shape index (κ3) is 7.47. The van der Waals surface area contributed by atoms with Crippen molar-refractivity contribution in [1.29, 1.82) is 0 Å². The first-order chi connectivity index (χ1) is 17.1. The molecule has 0 radical (unpaired) electrons. The van der Waals surface area contributed by atoms with Crippen molar-refractivity contribution in [2.75, 3.05) is 5.32 Å². The van der Waals surface area contributed by atoms with Gasteiger partial charge < -0.3 is 15.2 Å². The third-order valence-corrected chi connectivity index (χ3v) is 10.1. The summed E-state index contributed by atoms with van der Waals surface area (Å²) in [5, 5.41) is 12.7. The van der Waals surface area contributed by atoms with E-state index in [1.54, 1.807) is 12.1 Å². The van der Waals surface area contributed by atoms with Crippen LogP contribution < -0.4 is 10.1 Å². The molecule has 204 valence electrons. The number of carboxylic acid groups (broad SMARTS) is 1. The lowest BCUT2D eigenvalue weighted by Gasteiger charge is -2.31. The van der Waals surface area contributed by atoms with E-state index in [1.165, 1.54) is 5.56 Å². The number of carbonyl (C=O) groups is 2. The van der Waals surface area contributed by atoms with Crippen molar-refractivity contribution in [1.82, 2.24) is 0 Å². The average Bonchev–Trinajstić information content (AvgIpc) is 2.82. The van der Waals surface area contributed by atoms with Crippen LogP contribution in [-0.2, 0) is 20.4 Å². The molecule has 2 aromatic carbocycles. The fourth-order valence-corrected chi connectivity index (χ4v) is 6.38. The Labute approximate surface area is 225 Å². The molecular formula is C31H47NO4Si. The summed E-state index contributed by atoms with van der Waals surface area (Å²) < 4.78 is 6.37. The highest BCUT2D eigenvalue weighted by Gasteiger charge is 2.34. The minimum atomic E-state index is -1.96. The van der Waals surface area contributed by atoms with E-state index in [4.69, 9.17) is 4.74 Å². The second kappa shape index (κ2) is 11.8. The van der Waals surface area contributed by atoms with Gasteiger partial charge in [0.05, 0.1) is 13.6 Å². The van der Waals surface area contributed by atoms with Crippen LogP contribution in [0.2, 0.25) is 19.6 Å². The molecular weight excluding hydrogens is 478 g/mol. The second-order valence-corrected chi connectivity index (χ2v) is 17.8. The number of aliphatic carboxylic acids is 1. The number of rotatable bonds is 12. The molecule has 0 aromatic heterocycles. The maximum absolute atomic E-state index is 13.2. The van der Waals surface area contributed by atoms with E-state index in [0.29, 0.717) is 12.1 Å². The first-order valence-corrected chi connectivity index (χ1v) is 17.1. The van der Waals surface area contributed by atoms with Gasteiger partial charge in [0, 0.05) is 11.3 Å². The van der Waals surface area contributed by atoms with Crippen LogP contribution in [0.25, 0.3) is 0 Å². The van der Waals surface area contributed by atoms with E-state index in [1.807, 2.05) is 25.1 Å². The minimum Gasteiger partial charge on any atom is -0.481 e. The molecule has 0 heterocycles. The number of ether oxygens (including phenoxy) is 1. The number of hydrogen-bond donors (Lipinski definition) is 2. The van der Waals surface area contributed by atoms with E-state index in [-0.39, 0.29) is 16.7 Å². The van der Waals surface area contributed by atoms with Crippen molar-refractivity contribution in [3.63, 3.8) is 0 Å². The normalized spacial score (nSPS) is 14.1. The van der Waals surface area contributed by atoms with E-state index in [0.717, 1.165) is 29.7 Å². The molecule has 5 nitrogen and oxygen atoms in total. The smallest absolute Gasteiger partial charge is 0.308 e. The molecule has 0 aliphatic heterocycles. The lowest BCUT2D eigenvalue weighted by atomic mass is 9.76. The van der Waals surface area contributed by atoms with Crippen LogP contribution in [0, 0.1) is 0 Å². The highest BCUT2D eigenvalue weighted by molar-refractivity contribution is 6.80. The first kappa shape index (κ1) is 30.6. The molecule has 2 N–H and O–H groups in total.